The first-order chi connectivity index (χ1) is 7.43. The van der Waals surface area contributed by atoms with Crippen LogP contribution in [0.25, 0.3) is 1.43 Å². The molecule has 0 aromatic heterocycles. The van der Waals surface area contributed by atoms with E-state index in [1.807, 2.05) is 0 Å². The number of carbonyl (C=O) groups excluding carboxylic acids is 1. The third-order valence-corrected chi connectivity index (χ3v) is 1.12. The summed E-state index contributed by atoms with van der Waals surface area (Å²) in [5.41, 5.74) is 0.0669. The molecule has 0 heterocycles. The number of thiol groups is 1. The van der Waals surface area contributed by atoms with Crippen molar-refractivity contribution in [2.75, 3.05) is 12.3 Å². The van der Waals surface area contributed by atoms with Gasteiger partial charge in [-0.15, -0.1) is 0 Å². The quantitative estimate of drug-likeness (QED) is 0.375. The molecule has 0 saturated heterocycles. The molecule has 0 unspecified atom stereocenters. The van der Waals surface area contributed by atoms with Gasteiger partial charge < -0.3 is 16.1 Å². The maximum absolute atomic E-state index is 11.4. The molecule has 0 aliphatic heterocycles. The molecule has 11 heavy (non-hydrogen) atoms. The van der Waals surface area contributed by atoms with E-state index in [-0.39, 0.29) is 16.8 Å². The zero-order chi connectivity index (χ0) is 12.7. The van der Waals surface area contributed by atoms with Gasteiger partial charge >= 0.3 is 5.97 Å². The highest BCUT2D eigenvalue weighted by atomic mass is 32.1. The second-order valence-electron chi connectivity index (χ2n) is 1.71. The third kappa shape index (κ3) is 4.63. The molecule has 0 aromatic rings. The molecular formula is C5H10N2O3S. The number of nitrogens with one attached hydrogen (secondary N) is 1. The molecule has 0 fully saturated rings. The minimum atomic E-state index is -1.31. The normalized spacial score (nSPS) is 18.5. The number of nitrogens with two attached hydrogens (primary N) is 1. The largest absolute Gasteiger partial charge is 0.480 e. The summed E-state index contributed by atoms with van der Waals surface area (Å²) in [6.07, 6.45) is 0. The average molecular weight is 183 g/mol. The van der Waals surface area contributed by atoms with E-state index in [1.54, 1.807) is 0 Å². The van der Waals surface area contributed by atoms with Crippen LogP contribution in [-0.4, -0.2) is 36.4 Å². The van der Waals surface area contributed by atoms with Crippen LogP contribution in [0.5, 0.6) is 0 Å². The molecule has 0 radical (unpaired) electrons. The molecule has 0 bridgehead atoms. The highest BCUT2D eigenvalue weighted by Gasteiger charge is 2.11. The Morgan fingerprint density at radius 2 is 2.91 bits per heavy atom. The topological polar surface area (TPSA) is 92.4 Å². The Balaban J connectivity index is 4.42. The van der Waals surface area contributed by atoms with Crippen LogP contribution in [0.15, 0.2) is 0 Å². The van der Waals surface area contributed by atoms with Crippen LogP contribution in [0.2, 0.25) is 4.24 Å². The molecule has 1 atom stereocenters. The molecular weight excluding hydrogens is 168 g/mol. The Kier molecular flexibility index (Phi) is 1.95. The Hall–Kier alpha value is -0.750. The van der Waals surface area contributed by atoms with Crippen molar-refractivity contribution in [1.82, 2.24) is 5.31 Å². The summed E-state index contributed by atoms with van der Waals surface area (Å²) in [5, 5.41) is 3.72. The molecule has 5 nitrogen and oxygen atoms in total. The number of carboxylic acids is 1. The second kappa shape index (κ2) is 4.97. The fourth-order valence-corrected chi connectivity index (χ4v) is 0.462. The smallest absolute Gasteiger partial charge is 0.322 e. The van der Waals surface area contributed by atoms with Gasteiger partial charge in [-0.25, -0.2) is 0 Å². The molecule has 4 N–H and O–H groups in total. The maximum atomic E-state index is 11.4. The van der Waals surface area contributed by atoms with Gasteiger partial charge in [-0.05, 0) is 0 Å². The van der Waals surface area contributed by atoms with E-state index >= 15 is 0 Å². The lowest BCUT2D eigenvalue weighted by atomic mass is 10.3. The van der Waals surface area contributed by atoms with E-state index in [0.29, 0.717) is 12.5 Å². The lowest BCUT2D eigenvalue weighted by Crippen LogP contribution is -2.43. The average Bonchev–Trinajstić information content (AvgIpc) is 2.24. The van der Waals surface area contributed by atoms with Gasteiger partial charge in [0.15, 0.2) is 1.41 Å². The maximum Gasteiger partial charge on any atom is 0.322 e. The van der Waals surface area contributed by atoms with Gasteiger partial charge in [0.1, 0.15) is 10.5 Å². The summed E-state index contributed by atoms with van der Waals surface area (Å²) < 4.78 is 34.0. The van der Waals surface area contributed by atoms with Crippen LogP contribution in [0.1, 0.15) is 0 Å². The highest BCUT2D eigenvalue weighted by Crippen LogP contribution is 1.82. The van der Waals surface area contributed by atoms with Crippen molar-refractivity contribution >= 4 is 24.4 Å². The predicted molar refractivity (Wildman–Crippen MR) is 42.5 cm³/mol. The van der Waals surface area contributed by atoms with Crippen molar-refractivity contribution in [3.63, 3.8) is 0 Å². The predicted octanol–water partition coefficient (Wildman–Crippen LogP) is -1.56. The van der Waals surface area contributed by atoms with Crippen molar-refractivity contribution < 1.29 is 18.9 Å². The Morgan fingerprint density at radius 1 is 2.09 bits per heavy atom. The summed E-state index contributed by atoms with van der Waals surface area (Å²) in [6, 6.07) is -1.31. The molecule has 64 valence electrons. The lowest BCUT2D eigenvalue weighted by Gasteiger charge is -2.06. The highest BCUT2D eigenvalue weighted by molar-refractivity contribution is 7.80. The Morgan fingerprint density at radius 3 is 3.45 bits per heavy atom. The minimum Gasteiger partial charge on any atom is -0.480 e. The van der Waals surface area contributed by atoms with Crippen LogP contribution in [-0.2, 0) is 9.59 Å². The number of aliphatic carboxylic acids is 1. The van der Waals surface area contributed by atoms with Crippen molar-refractivity contribution in [2.24, 2.45) is 5.72 Å². The zero-order valence-corrected chi connectivity index (χ0v) is 6.34. The number of amides is 1. The fraction of sp³-hybridized carbons (Fsp3) is 0.600. The zero-order valence-electron chi connectivity index (χ0n) is 10.5. The summed E-state index contributed by atoms with van der Waals surface area (Å²) >= 11 is 0.493. The summed E-state index contributed by atoms with van der Waals surface area (Å²) in [4.78, 5) is 22.0. The van der Waals surface area contributed by atoms with Gasteiger partial charge in [-0.2, -0.15) is 12.5 Å². The lowest BCUT2D eigenvalue weighted by molar-refractivity contribution is -0.138. The first-order valence-corrected chi connectivity index (χ1v) is 3.33. The molecule has 0 spiro atoms. The van der Waals surface area contributed by atoms with Gasteiger partial charge in [-0.1, -0.05) is 0 Å². The first-order valence-electron chi connectivity index (χ1n) is 4.91. The van der Waals surface area contributed by atoms with Crippen LogP contribution < -0.4 is 11.0 Å². The van der Waals surface area contributed by atoms with E-state index in [1.165, 1.54) is 0 Å². The number of hydrogen-bond acceptors (Lipinski definition) is 5. The van der Waals surface area contributed by atoms with E-state index in [9.17, 15) is 9.59 Å². The molecule has 0 saturated carbocycles. The van der Waals surface area contributed by atoms with Crippen LogP contribution in [0.3, 0.4) is 0 Å². The number of hydrogen-bond donors (Lipinski definition) is 4. The molecule has 0 aliphatic rings. The first kappa shape index (κ1) is 4.32. The van der Waals surface area contributed by atoms with Gasteiger partial charge in [0.25, 0.3) is 1.43 Å². The third-order valence-electron chi connectivity index (χ3n) is 0.807. The molecule has 0 aliphatic carbocycles. The summed E-state index contributed by atoms with van der Waals surface area (Å²) in [6.45, 7) is -0.755. The summed E-state index contributed by atoms with van der Waals surface area (Å²) in [5.74, 6) is -2.24. The van der Waals surface area contributed by atoms with E-state index in [4.69, 9.17) is 6.79 Å². The number of carbonyl (C=O) groups is 2. The molecule has 0 aromatic carbocycles. The van der Waals surface area contributed by atoms with Crippen molar-refractivity contribution in [3.8, 4) is 0 Å². The molecule has 1 amide bonds. The summed E-state index contributed by atoms with van der Waals surface area (Å²) in [7, 11) is 0. The van der Waals surface area contributed by atoms with E-state index in [2.05, 4.69) is 5.11 Å². The second-order valence-corrected chi connectivity index (χ2v) is 2.04. The fourth-order valence-electron chi connectivity index (χ4n) is 0.319. The van der Waals surface area contributed by atoms with Gasteiger partial charge in [-0.3, -0.25) is 9.59 Å². The monoisotopic (exact) mass is 183 g/mol. The van der Waals surface area contributed by atoms with Crippen LogP contribution >= 0.6 is 12.5 Å². The van der Waals surface area contributed by atoms with Crippen LogP contribution in [0.4, 0.5) is 0 Å². The van der Waals surface area contributed by atoms with Crippen molar-refractivity contribution in [2.45, 2.75) is 6.04 Å². The number of rotatable bonds is 6. The SMILES string of the molecule is [2H]OC(=O)CN([2H])C(=O)[C@H](CS[2H])N([2H])[2H]. The van der Waals surface area contributed by atoms with E-state index < -0.39 is 24.5 Å². The standard InChI is InChI=1S/C5H10N2O3S/c6-3(2-11)5(10)7-1-4(8)9/h3,11H,1-2,6H2,(H,7,10)(H,8,9)/t3-/m0/s1/i/hD5. The molecule has 6 heteroatoms. The van der Waals surface area contributed by atoms with Crippen molar-refractivity contribution in [3.05, 3.63) is 0 Å². The Bertz CT molecular complexity index is 256. The van der Waals surface area contributed by atoms with Gasteiger partial charge in [0.2, 0.25) is 5.91 Å². The number of carboxylic acid groups (broad SMARTS) is 1. The van der Waals surface area contributed by atoms with Gasteiger partial charge in [0, 0.05) is 5.75 Å². The van der Waals surface area contributed by atoms with Crippen molar-refractivity contribution in [1.29, 1.82) is 2.55 Å². The van der Waals surface area contributed by atoms with E-state index in [0.717, 1.165) is 0 Å². The van der Waals surface area contributed by atoms with Gasteiger partial charge in [0.05, 0.1) is 6.04 Å². The Labute approximate surface area is 76.3 Å². The minimum absolute atomic E-state index is 0.0669. The van der Waals surface area contributed by atoms with Crippen LogP contribution in [0, 0.1) is 0 Å². The molecule has 0 rings (SSSR count).